The van der Waals surface area contributed by atoms with Crippen molar-refractivity contribution in [2.24, 2.45) is 0 Å². The molecule has 0 aliphatic carbocycles. The minimum atomic E-state index is -0.332. The molecule has 1 N–H and O–H groups in total. The maximum absolute atomic E-state index is 13.3. The fourth-order valence-corrected chi connectivity index (χ4v) is 3.15. The number of halogens is 1. The number of amides is 2. The summed E-state index contributed by atoms with van der Waals surface area (Å²) in [6, 6.07) is 9.38. The number of aromatic nitrogens is 2. The van der Waals surface area contributed by atoms with Gasteiger partial charge >= 0.3 is 6.03 Å². The van der Waals surface area contributed by atoms with E-state index in [1.54, 1.807) is 29.4 Å². The van der Waals surface area contributed by atoms with Gasteiger partial charge in [0.15, 0.2) is 0 Å². The summed E-state index contributed by atoms with van der Waals surface area (Å²) >= 11 is 0. The molecule has 0 spiro atoms. The van der Waals surface area contributed by atoms with Gasteiger partial charge in [0.1, 0.15) is 11.5 Å². The molecule has 4 rings (SSSR count). The molecule has 0 saturated carbocycles. The summed E-state index contributed by atoms with van der Waals surface area (Å²) in [5.74, 6) is -0.0734. The van der Waals surface area contributed by atoms with E-state index in [9.17, 15) is 9.18 Å². The average Bonchev–Trinajstić information content (AvgIpc) is 3.13. The maximum Gasteiger partial charge on any atom is 0.324 e. The van der Waals surface area contributed by atoms with Gasteiger partial charge in [-0.2, -0.15) is 0 Å². The van der Waals surface area contributed by atoms with Gasteiger partial charge in [0, 0.05) is 44.1 Å². The molecule has 8 heteroatoms. The topological polar surface area (TPSA) is 74.5 Å². The third kappa shape index (κ3) is 3.72. The zero-order valence-electron chi connectivity index (χ0n) is 15.4. The summed E-state index contributed by atoms with van der Waals surface area (Å²) in [5.41, 5.74) is 2.65. The summed E-state index contributed by atoms with van der Waals surface area (Å²) < 4.78 is 18.8. The van der Waals surface area contributed by atoms with Crippen LogP contribution >= 0.6 is 0 Å². The Balaban J connectivity index is 1.67. The Labute approximate surface area is 161 Å². The third-order valence-electron chi connectivity index (χ3n) is 4.79. The van der Waals surface area contributed by atoms with Crippen molar-refractivity contribution < 1.29 is 13.7 Å². The number of benzene rings is 1. The fourth-order valence-electron chi connectivity index (χ4n) is 3.15. The second kappa shape index (κ2) is 7.77. The lowest BCUT2D eigenvalue weighted by Gasteiger charge is -2.32. The molecular weight excluding hydrogens is 361 g/mol. The number of carbonyl (C=O) groups excluding carboxylic acids is 1. The minimum Gasteiger partial charge on any atom is -0.337 e. The first-order valence-electron chi connectivity index (χ1n) is 9.02. The molecule has 0 bridgehead atoms. The molecule has 2 aromatic heterocycles. The van der Waals surface area contributed by atoms with Crippen molar-refractivity contribution in [2.75, 3.05) is 38.5 Å². The van der Waals surface area contributed by atoms with Gasteiger partial charge in [-0.1, -0.05) is 5.16 Å². The number of pyridine rings is 1. The number of urea groups is 1. The summed E-state index contributed by atoms with van der Waals surface area (Å²) in [4.78, 5) is 20.7. The Morgan fingerprint density at radius 3 is 2.39 bits per heavy atom. The third-order valence-corrected chi connectivity index (χ3v) is 4.79. The van der Waals surface area contributed by atoms with E-state index in [0.717, 1.165) is 18.7 Å². The maximum atomic E-state index is 13.3. The van der Waals surface area contributed by atoms with Gasteiger partial charge in [-0.3, -0.25) is 10.3 Å². The molecule has 1 aliphatic heterocycles. The number of nitrogens with one attached hydrogen (secondary N) is 1. The number of hydrogen-bond donors (Lipinski definition) is 1. The van der Waals surface area contributed by atoms with Gasteiger partial charge in [-0.05, 0) is 49.0 Å². The highest BCUT2D eigenvalue weighted by atomic mass is 19.1. The quantitative estimate of drug-likeness (QED) is 0.753. The number of nitrogens with zero attached hydrogens (tertiary/aromatic N) is 4. The van der Waals surface area contributed by atoms with Crippen molar-refractivity contribution in [3.63, 3.8) is 0 Å². The van der Waals surface area contributed by atoms with Crippen LogP contribution in [-0.4, -0.2) is 59.2 Å². The largest absolute Gasteiger partial charge is 0.337 e. The Morgan fingerprint density at radius 1 is 1.04 bits per heavy atom. The molecule has 3 aromatic rings. The van der Waals surface area contributed by atoms with Crippen molar-refractivity contribution in [1.82, 2.24) is 19.9 Å². The highest BCUT2D eigenvalue weighted by Crippen LogP contribution is 2.37. The molecule has 1 fully saturated rings. The van der Waals surface area contributed by atoms with Crippen LogP contribution in [0.25, 0.3) is 22.4 Å². The van der Waals surface area contributed by atoms with Crippen LogP contribution in [0.1, 0.15) is 0 Å². The lowest BCUT2D eigenvalue weighted by Crippen LogP contribution is -2.48. The Bertz CT molecular complexity index is 950. The van der Waals surface area contributed by atoms with Crippen molar-refractivity contribution in [1.29, 1.82) is 0 Å². The Morgan fingerprint density at radius 2 is 1.71 bits per heavy atom. The van der Waals surface area contributed by atoms with Gasteiger partial charge in [0.25, 0.3) is 0 Å². The van der Waals surface area contributed by atoms with Gasteiger partial charge in [0.05, 0.1) is 5.56 Å². The predicted molar refractivity (Wildman–Crippen MR) is 103 cm³/mol. The van der Waals surface area contributed by atoms with Gasteiger partial charge in [-0.15, -0.1) is 0 Å². The molecule has 144 valence electrons. The average molecular weight is 381 g/mol. The second-order valence-corrected chi connectivity index (χ2v) is 6.70. The van der Waals surface area contributed by atoms with Crippen LogP contribution in [0.3, 0.4) is 0 Å². The molecular formula is C20H20FN5O2. The van der Waals surface area contributed by atoms with Crippen molar-refractivity contribution >= 4 is 11.9 Å². The number of hydrogen-bond acceptors (Lipinski definition) is 5. The van der Waals surface area contributed by atoms with Crippen LogP contribution < -0.4 is 5.32 Å². The predicted octanol–water partition coefficient (Wildman–Crippen LogP) is 3.32. The van der Waals surface area contributed by atoms with Crippen LogP contribution in [0, 0.1) is 5.82 Å². The molecule has 2 amide bonds. The highest BCUT2D eigenvalue weighted by molar-refractivity contribution is 5.96. The van der Waals surface area contributed by atoms with E-state index in [-0.39, 0.29) is 17.7 Å². The van der Waals surface area contributed by atoms with E-state index in [0.29, 0.717) is 29.9 Å². The van der Waals surface area contributed by atoms with Crippen LogP contribution in [-0.2, 0) is 0 Å². The van der Waals surface area contributed by atoms with Crippen LogP contribution in [0.2, 0.25) is 0 Å². The number of likely N-dealkylation sites (N-methyl/N-ethyl adjacent to an activating group) is 1. The number of rotatable bonds is 3. The summed E-state index contributed by atoms with van der Waals surface area (Å²) in [7, 11) is 2.03. The first kappa shape index (κ1) is 18.1. The SMILES string of the molecule is CN1CCN(C(=O)Nc2onc(-c3ccc(F)cc3)c2-c2ccncc2)CC1. The molecule has 3 heterocycles. The molecule has 1 aromatic carbocycles. The van der Waals surface area contributed by atoms with E-state index in [4.69, 9.17) is 4.52 Å². The van der Waals surface area contributed by atoms with E-state index < -0.39 is 0 Å². The van der Waals surface area contributed by atoms with Crippen LogP contribution in [0.15, 0.2) is 53.3 Å². The lowest BCUT2D eigenvalue weighted by molar-refractivity contribution is 0.164. The Kier molecular flexibility index (Phi) is 5.03. The standard InChI is InChI=1S/C20H20FN5O2/c1-25-10-12-26(13-11-25)20(27)23-19-17(14-6-8-22-9-7-14)18(24-28-19)15-2-4-16(21)5-3-15/h2-9H,10-13H2,1H3,(H,23,27). The van der Waals surface area contributed by atoms with Crippen LogP contribution in [0.5, 0.6) is 0 Å². The number of carbonyl (C=O) groups is 1. The summed E-state index contributed by atoms with van der Waals surface area (Å²) in [5, 5.41) is 6.98. The van der Waals surface area contributed by atoms with Crippen molar-refractivity contribution in [3.8, 4) is 22.4 Å². The lowest BCUT2D eigenvalue weighted by atomic mass is 10.0. The zero-order valence-corrected chi connectivity index (χ0v) is 15.4. The summed E-state index contributed by atoms with van der Waals surface area (Å²) in [6.07, 6.45) is 3.31. The molecule has 0 atom stereocenters. The van der Waals surface area contributed by atoms with Gasteiger partial charge in [0.2, 0.25) is 5.88 Å². The van der Waals surface area contributed by atoms with Crippen molar-refractivity contribution in [3.05, 3.63) is 54.6 Å². The molecule has 1 saturated heterocycles. The van der Waals surface area contributed by atoms with Gasteiger partial charge < -0.3 is 14.3 Å². The molecule has 0 unspecified atom stereocenters. The highest BCUT2D eigenvalue weighted by Gasteiger charge is 2.24. The molecule has 7 nitrogen and oxygen atoms in total. The monoisotopic (exact) mass is 381 g/mol. The van der Waals surface area contributed by atoms with Crippen LogP contribution in [0.4, 0.5) is 15.1 Å². The second-order valence-electron chi connectivity index (χ2n) is 6.70. The van der Waals surface area contributed by atoms with E-state index in [1.807, 2.05) is 19.2 Å². The zero-order chi connectivity index (χ0) is 19.5. The van der Waals surface area contributed by atoms with E-state index in [2.05, 4.69) is 20.4 Å². The molecule has 0 radical (unpaired) electrons. The van der Waals surface area contributed by atoms with E-state index in [1.165, 1.54) is 12.1 Å². The smallest absolute Gasteiger partial charge is 0.324 e. The minimum absolute atomic E-state index is 0.231. The van der Waals surface area contributed by atoms with Crippen molar-refractivity contribution in [2.45, 2.75) is 0 Å². The molecule has 1 aliphatic rings. The summed E-state index contributed by atoms with van der Waals surface area (Å²) in [6.45, 7) is 2.93. The normalized spacial score (nSPS) is 14.9. The van der Waals surface area contributed by atoms with Gasteiger partial charge in [-0.25, -0.2) is 9.18 Å². The molecule has 28 heavy (non-hydrogen) atoms. The first-order chi connectivity index (χ1) is 13.6. The number of anilines is 1. The van der Waals surface area contributed by atoms with E-state index >= 15 is 0 Å². The number of piperazine rings is 1. The fraction of sp³-hybridized carbons (Fsp3) is 0.250. The first-order valence-corrected chi connectivity index (χ1v) is 9.02. The Hall–Kier alpha value is -3.26.